The molecule has 0 bridgehead atoms. The van der Waals surface area contributed by atoms with Gasteiger partial charge in [0.2, 0.25) is 5.95 Å². The van der Waals surface area contributed by atoms with Gasteiger partial charge in [0, 0.05) is 12.6 Å². The summed E-state index contributed by atoms with van der Waals surface area (Å²) < 4.78 is 12.6. The summed E-state index contributed by atoms with van der Waals surface area (Å²) in [4.78, 5) is 32.4. The fourth-order valence-corrected chi connectivity index (χ4v) is 3.18. The molecule has 0 N–H and O–H groups in total. The molecule has 2 rings (SSSR count). The van der Waals surface area contributed by atoms with Crippen LogP contribution in [0.2, 0.25) is 0 Å². The standard InChI is InChI=1S/C27H37N3O4/c1-8-9-10-11-15-18-22-20-30(25(32)34-27(5,6)7)23(28-22)29(24(31)33-26(2,3)4)19-21-16-13-12-14-17-21/h1,12-14,16-17,20H,9-11,15,18-19H2,2-7H3. The van der Waals surface area contributed by atoms with Gasteiger partial charge >= 0.3 is 12.2 Å². The van der Waals surface area contributed by atoms with E-state index >= 15 is 0 Å². The van der Waals surface area contributed by atoms with Crippen molar-refractivity contribution in [3.05, 3.63) is 47.8 Å². The van der Waals surface area contributed by atoms with Crippen molar-refractivity contribution in [1.82, 2.24) is 9.55 Å². The van der Waals surface area contributed by atoms with E-state index in [9.17, 15) is 9.59 Å². The molecule has 7 heteroatoms. The van der Waals surface area contributed by atoms with Crippen molar-refractivity contribution in [1.29, 1.82) is 0 Å². The van der Waals surface area contributed by atoms with Gasteiger partial charge in [-0.05, 0) is 66.4 Å². The van der Waals surface area contributed by atoms with Crippen molar-refractivity contribution in [2.24, 2.45) is 0 Å². The summed E-state index contributed by atoms with van der Waals surface area (Å²) in [6.07, 6.45) is 9.94. The SMILES string of the molecule is C#CCCCCCc1cn(C(=O)OC(C)(C)C)c(N(Cc2ccccc2)C(=O)OC(C)(C)C)n1. The molecule has 0 atom stereocenters. The minimum Gasteiger partial charge on any atom is -0.443 e. The number of amides is 1. The van der Waals surface area contributed by atoms with Gasteiger partial charge in [-0.15, -0.1) is 12.3 Å². The van der Waals surface area contributed by atoms with Crippen molar-refractivity contribution in [2.75, 3.05) is 4.90 Å². The van der Waals surface area contributed by atoms with Gasteiger partial charge in [0.05, 0.1) is 12.2 Å². The number of imidazole rings is 1. The Hall–Kier alpha value is -3.27. The Labute approximate surface area is 203 Å². The predicted molar refractivity (Wildman–Crippen MR) is 134 cm³/mol. The first-order chi connectivity index (χ1) is 15.9. The van der Waals surface area contributed by atoms with E-state index in [1.165, 1.54) is 9.47 Å². The van der Waals surface area contributed by atoms with Crippen molar-refractivity contribution >= 4 is 18.1 Å². The number of carbonyl (C=O) groups is 2. The molecule has 0 saturated heterocycles. The summed E-state index contributed by atoms with van der Waals surface area (Å²) >= 11 is 0. The van der Waals surface area contributed by atoms with E-state index in [2.05, 4.69) is 10.9 Å². The van der Waals surface area contributed by atoms with E-state index in [1.54, 1.807) is 47.7 Å². The largest absolute Gasteiger partial charge is 0.443 e. The quantitative estimate of drug-likeness (QED) is 0.334. The number of ether oxygens (including phenoxy) is 2. The highest BCUT2D eigenvalue weighted by Crippen LogP contribution is 2.23. The lowest BCUT2D eigenvalue weighted by atomic mass is 10.1. The zero-order valence-corrected chi connectivity index (χ0v) is 21.3. The van der Waals surface area contributed by atoms with E-state index in [-0.39, 0.29) is 12.5 Å². The Morgan fingerprint density at radius 1 is 1.00 bits per heavy atom. The predicted octanol–water partition coefficient (Wildman–Crippen LogP) is 6.34. The summed E-state index contributed by atoms with van der Waals surface area (Å²) in [6, 6.07) is 9.51. The van der Waals surface area contributed by atoms with E-state index < -0.39 is 23.4 Å². The monoisotopic (exact) mass is 467 g/mol. The Morgan fingerprint density at radius 2 is 1.65 bits per heavy atom. The number of hydrogen-bond acceptors (Lipinski definition) is 5. The topological polar surface area (TPSA) is 73.7 Å². The van der Waals surface area contributed by atoms with Crippen LogP contribution in [0, 0.1) is 12.3 Å². The molecule has 1 amide bonds. The number of terminal acetylenes is 1. The highest BCUT2D eigenvalue weighted by atomic mass is 16.6. The highest BCUT2D eigenvalue weighted by Gasteiger charge is 2.30. The Morgan fingerprint density at radius 3 is 2.24 bits per heavy atom. The molecule has 0 radical (unpaired) electrons. The molecule has 0 aliphatic rings. The fraction of sp³-hybridized carbons (Fsp3) is 0.519. The second-order valence-corrected chi connectivity index (χ2v) is 10.2. The van der Waals surface area contributed by atoms with Crippen LogP contribution in [0.5, 0.6) is 0 Å². The van der Waals surface area contributed by atoms with Gasteiger partial charge in [0.25, 0.3) is 0 Å². The minimum atomic E-state index is -0.713. The third-order valence-electron chi connectivity index (χ3n) is 4.62. The first-order valence-corrected chi connectivity index (χ1v) is 11.7. The third-order valence-corrected chi connectivity index (χ3v) is 4.62. The average Bonchev–Trinajstić information content (AvgIpc) is 3.14. The molecule has 0 aliphatic carbocycles. The van der Waals surface area contributed by atoms with Crippen LogP contribution < -0.4 is 4.90 Å². The Bertz CT molecular complexity index is 992. The Kier molecular flexibility index (Phi) is 9.31. The zero-order chi connectivity index (χ0) is 25.4. The first-order valence-electron chi connectivity index (χ1n) is 11.7. The summed E-state index contributed by atoms with van der Waals surface area (Å²) in [6.45, 7) is 11.0. The van der Waals surface area contributed by atoms with E-state index in [4.69, 9.17) is 15.9 Å². The third kappa shape index (κ3) is 8.93. The number of rotatable bonds is 8. The maximum absolute atomic E-state index is 13.2. The van der Waals surface area contributed by atoms with Crippen LogP contribution in [0.3, 0.4) is 0 Å². The molecule has 0 aliphatic heterocycles. The molecule has 0 unspecified atom stereocenters. The number of anilines is 1. The van der Waals surface area contributed by atoms with Crippen molar-refractivity contribution in [2.45, 2.75) is 91.4 Å². The number of unbranched alkanes of at least 4 members (excludes halogenated alkanes) is 3. The first kappa shape index (κ1) is 27.0. The molecule has 0 spiro atoms. The number of aromatic nitrogens is 2. The lowest BCUT2D eigenvalue weighted by molar-refractivity contribution is 0.0531. The average molecular weight is 468 g/mol. The number of nitrogens with zero attached hydrogens (tertiary/aromatic N) is 3. The molecular weight excluding hydrogens is 430 g/mol. The lowest BCUT2D eigenvalue weighted by Crippen LogP contribution is -2.39. The van der Waals surface area contributed by atoms with Crippen molar-refractivity contribution < 1.29 is 19.1 Å². The molecule has 184 valence electrons. The van der Waals surface area contributed by atoms with Gasteiger partial charge in [-0.3, -0.25) is 0 Å². The van der Waals surface area contributed by atoms with Crippen LogP contribution >= 0.6 is 0 Å². The van der Waals surface area contributed by atoms with Gasteiger partial charge in [-0.25, -0.2) is 24.0 Å². The van der Waals surface area contributed by atoms with Gasteiger partial charge in [0.15, 0.2) is 0 Å². The number of hydrogen-bond donors (Lipinski definition) is 0. The van der Waals surface area contributed by atoms with E-state index in [0.29, 0.717) is 12.1 Å². The second-order valence-electron chi connectivity index (χ2n) is 10.2. The minimum absolute atomic E-state index is 0.172. The molecule has 0 fully saturated rings. The van der Waals surface area contributed by atoms with Crippen LogP contribution in [0.15, 0.2) is 36.5 Å². The van der Waals surface area contributed by atoms with Crippen LogP contribution in [0.1, 0.15) is 78.5 Å². The van der Waals surface area contributed by atoms with Crippen LogP contribution in [-0.4, -0.2) is 32.9 Å². The van der Waals surface area contributed by atoms with Crippen LogP contribution in [0.4, 0.5) is 15.5 Å². The van der Waals surface area contributed by atoms with Gasteiger partial charge in [-0.1, -0.05) is 36.8 Å². The second kappa shape index (κ2) is 11.7. The van der Waals surface area contributed by atoms with Crippen LogP contribution in [0.25, 0.3) is 0 Å². The van der Waals surface area contributed by atoms with Gasteiger partial charge < -0.3 is 9.47 Å². The molecule has 0 saturated carbocycles. The summed E-state index contributed by atoms with van der Waals surface area (Å²) in [5, 5.41) is 0. The number of aryl methyl sites for hydroxylation is 1. The van der Waals surface area contributed by atoms with Crippen LogP contribution in [-0.2, 0) is 22.4 Å². The van der Waals surface area contributed by atoms with Crippen molar-refractivity contribution in [3.63, 3.8) is 0 Å². The summed E-state index contributed by atoms with van der Waals surface area (Å²) in [7, 11) is 0. The zero-order valence-electron chi connectivity index (χ0n) is 21.3. The molecule has 1 aromatic carbocycles. The summed E-state index contributed by atoms with van der Waals surface area (Å²) in [5.74, 6) is 2.82. The normalized spacial score (nSPS) is 11.6. The number of benzene rings is 1. The maximum atomic E-state index is 13.2. The van der Waals surface area contributed by atoms with E-state index in [0.717, 1.165) is 31.2 Å². The molecule has 2 aromatic rings. The Balaban J connectivity index is 2.44. The van der Waals surface area contributed by atoms with E-state index in [1.807, 2.05) is 30.3 Å². The smallest absolute Gasteiger partial charge is 0.421 e. The fourth-order valence-electron chi connectivity index (χ4n) is 3.18. The number of carbonyl (C=O) groups excluding carboxylic acids is 2. The highest BCUT2D eigenvalue weighted by molar-refractivity contribution is 5.88. The lowest BCUT2D eigenvalue weighted by Gasteiger charge is -2.27. The summed E-state index contributed by atoms with van der Waals surface area (Å²) in [5.41, 5.74) is 0.158. The maximum Gasteiger partial charge on any atom is 0.421 e. The molecule has 1 heterocycles. The molecule has 1 aromatic heterocycles. The molecule has 34 heavy (non-hydrogen) atoms. The van der Waals surface area contributed by atoms with Gasteiger partial charge in [0.1, 0.15) is 11.2 Å². The molecular formula is C27H37N3O4. The van der Waals surface area contributed by atoms with Gasteiger partial charge in [-0.2, -0.15) is 0 Å². The molecule has 7 nitrogen and oxygen atoms in total. The van der Waals surface area contributed by atoms with Crippen molar-refractivity contribution in [3.8, 4) is 12.3 Å².